The minimum absolute atomic E-state index is 0.0455. The summed E-state index contributed by atoms with van der Waals surface area (Å²) in [5.41, 5.74) is 3.64. The number of carbonyl (C=O) groups is 1. The molecule has 2 aromatic rings. The van der Waals surface area contributed by atoms with Crippen molar-refractivity contribution in [3.8, 4) is 11.3 Å². The summed E-state index contributed by atoms with van der Waals surface area (Å²) in [4.78, 5) is 22.8. The van der Waals surface area contributed by atoms with Gasteiger partial charge in [0.15, 0.2) is 0 Å². The summed E-state index contributed by atoms with van der Waals surface area (Å²) in [6, 6.07) is 8.89. The molecule has 2 atom stereocenters. The number of ether oxygens (including phenoxy) is 1. The van der Waals surface area contributed by atoms with Crippen LogP contribution in [0.1, 0.15) is 110 Å². The van der Waals surface area contributed by atoms with Crippen molar-refractivity contribution in [3.63, 3.8) is 0 Å². The molecule has 0 spiro atoms. The largest absolute Gasteiger partial charge is 0.505 e. The van der Waals surface area contributed by atoms with Crippen LogP contribution in [0.15, 0.2) is 43.3 Å². The van der Waals surface area contributed by atoms with Gasteiger partial charge in [-0.3, -0.25) is 4.79 Å². The van der Waals surface area contributed by atoms with Crippen LogP contribution in [0.2, 0.25) is 0 Å². The average Bonchev–Trinajstić information content (AvgIpc) is 3.74. The lowest BCUT2D eigenvalue weighted by molar-refractivity contribution is -0.134. The number of aromatic amines is 1. The number of benzene rings is 1. The van der Waals surface area contributed by atoms with E-state index in [9.17, 15) is 4.79 Å². The third kappa shape index (κ3) is 12.0. The maximum Gasteiger partial charge on any atom is 0.240 e. The Kier molecular flexibility index (Phi) is 21.5. The number of amides is 1. The van der Waals surface area contributed by atoms with E-state index in [1.165, 1.54) is 37.5 Å². The summed E-state index contributed by atoms with van der Waals surface area (Å²) in [5, 5.41) is 6.38. The van der Waals surface area contributed by atoms with Crippen LogP contribution in [0.4, 0.5) is 0 Å². The Hall–Kier alpha value is -2.64. The van der Waals surface area contributed by atoms with Gasteiger partial charge in [-0.05, 0) is 89.1 Å². The first kappa shape index (κ1) is 38.4. The van der Waals surface area contributed by atoms with Gasteiger partial charge in [0, 0.05) is 6.54 Å². The monoisotopic (exact) mass is 571 g/mol. The molecule has 7 nitrogen and oxygen atoms in total. The molecular weight excluding hydrogens is 510 g/mol. The van der Waals surface area contributed by atoms with Gasteiger partial charge in [0.1, 0.15) is 5.82 Å². The minimum Gasteiger partial charge on any atom is -0.505 e. The summed E-state index contributed by atoms with van der Waals surface area (Å²) >= 11 is 0. The van der Waals surface area contributed by atoms with Crippen molar-refractivity contribution in [3.05, 3.63) is 54.7 Å². The van der Waals surface area contributed by atoms with Crippen molar-refractivity contribution in [2.24, 2.45) is 5.92 Å². The third-order valence-electron chi connectivity index (χ3n) is 7.45. The van der Waals surface area contributed by atoms with E-state index >= 15 is 0 Å². The summed E-state index contributed by atoms with van der Waals surface area (Å²) in [6.45, 7) is 19.1. The molecule has 0 bridgehead atoms. The van der Waals surface area contributed by atoms with Crippen molar-refractivity contribution in [2.45, 2.75) is 105 Å². The molecule has 7 heteroatoms. The van der Waals surface area contributed by atoms with Gasteiger partial charge in [0.25, 0.3) is 0 Å². The number of carbonyl (C=O) groups excluding carboxylic acids is 1. The highest BCUT2D eigenvalue weighted by atomic mass is 16.5. The third-order valence-corrected chi connectivity index (χ3v) is 7.45. The SMILES string of the molecule is C=COC.CC.CC.CC.CNCC1CCC(c2ccc(-c3cnc([C@@H]4CCCN4C(=O)[C@H](C)NC)[nH]3)cc2)CC1. The fourth-order valence-corrected chi connectivity index (χ4v) is 5.26. The molecule has 234 valence electrons. The van der Waals surface area contributed by atoms with Crippen LogP contribution in [0.25, 0.3) is 11.3 Å². The Bertz CT molecular complexity index is 919. The van der Waals surface area contributed by atoms with Crippen molar-refractivity contribution >= 4 is 5.91 Å². The van der Waals surface area contributed by atoms with E-state index in [2.05, 4.69) is 63.2 Å². The van der Waals surface area contributed by atoms with Crippen molar-refractivity contribution in [1.82, 2.24) is 25.5 Å². The predicted octanol–water partition coefficient (Wildman–Crippen LogP) is 7.70. The van der Waals surface area contributed by atoms with Gasteiger partial charge in [-0.1, -0.05) is 72.4 Å². The number of likely N-dealkylation sites (N-methyl/N-ethyl adjacent to an activating group) is 1. The van der Waals surface area contributed by atoms with Gasteiger partial charge in [-0.15, -0.1) is 0 Å². The highest BCUT2D eigenvalue weighted by Gasteiger charge is 2.33. The van der Waals surface area contributed by atoms with E-state index in [-0.39, 0.29) is 18.0 Å². The predicted molar refractivity (Wildman–Crippen MR) is 176 cm³/mol. The second kappa shape index (κ2) is 23.0. The molecule has 0 unspecified atom stereocenters. The Labute approximate surface area is 251 Å². The van der Waals surface area contributed by atoms with Crippen LogP contribution in [-0.2, 0) is 9.53 Å². The second-order valence-electron chi connectivity index (χ2n) is 9.68. The molecule has 2 aliphatic rings. The molecule has 1 aliphatic carbocycles. The molecule has 1 saturated heterocycles. The average molecular weight is 572 g/mol. The summed E-state index contributed by atoms with van der Waals surface area (Å²) in [7, 11) is 5.44. The van der Waals surface area contributed by atoms with Gasteiger partial charge in [-0.2, -0.15) is 0 Å². The van der Waals surface area contributed by atoms with Crippen molar-refractivity contribution in [1.29, 1.82) is 0 Å². The Morgan fingerprint density at radius 3 is 2.17 bits per heavy atom. The molecule has 41 heavy (non-hydrogen) atoms. The number of imidazole rings is 1. The number of nitrogens with one attached hydrogen (secondary N) is 3. The van der Waals surface area contributed by atoms with E-state index in [0.717, 1.165) is 48.9 Å². The number of likely N-dealkylation sites (tertiary alicyclic amines) is 1. The van der Waals surface area contributed by atoms with Crippen LogP contribution < -0.4 is 10.6 Å². The second-order valence-corrected chi connectivity index (χ2v) is 9.68. The summed E-state index contributed by atoms with van der Waals surface area (Å²) in [5.74, 6) is 2.57. The number of nitrogens with zero attached hydrogens (tertiary/aromatic N) is 2. The molecule has 3 N–H and O–H groups in total. The van der Waals surface area contributed by atoms with E-state index in [1.807, 2.05) is 66.6 Å². The highest BCUT2D eigenvalue weighted by Crippen LogP contribution is 2.36. The highest BCUT2D eigenvalue weighted by molar-refractivity contribution is 5.82. The van der Waals surface area contributed by atoms with Gasteiger partial charge < -0.3 is 25.3 Å². The smallest absolute Gasteiger partial charge is 0.240 e. The van der Waals surface area contributed by atoms with Gasteiger partial charge in [-0.25, -0.2) is 4.98 Å². The quantitative estimate of drug-likeness (QED) is 0.283. The summed E-state index contributed by atoms with van der Waals surface area (Å²) in [6.07, 6.45) is 10.5. The first-order valence-electron chi connectivity index (χ1n) is 15.9. The Morgan fingerprint density at radius 1 is 1.07 bits per heavy atom. The van der Waals surface area contributed by atoms with Crippen LogP contribution in [0.5, 0.6) is 0 Å². The standard InChI is InChI=1S/C25H37N5O.C3H6O.3C2H6/c1-17(27-3)25(31)30-14-4-5-23(30)24-28-16-22(29-24)21-12-10-20(11-13-21)19-8-6-18(7-9-19)15-26-2;1-3-4-2;3*1-2/h10-13,16-19,23,26-27H,4-9,14-15H2,1-3H3,(H,28,29);3H,1H2,2H3;3*1-2H3/t17-,18?,19?,23-;;;;/m0..../s1. The van der Waals surface area contributed by atoms with Crippen molar-refractivity contribution in [2.75, 3.05) is 34.3 Å². The molecule has 1 amide bonds. The molecule has 2 heterocycles. The van der Waals surface area contributed by atoms with Crippen LogP contribution in [-0.4, -0.2) is 61.1 Å². The van der Waals surface area contributed by atoms with E-state index in [4.69, 9.17) is 0 Å². The molecule has 1 aliphatic heterocycles. The van der Waals surface area contributed by atoms with E-state index in [1.54, 1.807) is 7.11 Å². The van der Waals surface area contributed by atoms with Crippen LogP contribution in [0.3, 0.4) is 0 Å². The lowest BCUT2D eigenvalue weighted by Crippen LogP contribution is -2.43. The topological polar surface area (TPSA) is 82.3 Å². The first-order valence-corrected chi connectivity index (χ1v) is 15.9. The number of rotatable bonds is 8. The minimum atomic E-state index is -0.170. The van der Waals surface area contributed by atoms with E-state index in [0.29, 0.717) is 5.92 Å². The number of aromatic nitrogens is 2. The number of hydrogen-bond donors (Lipinski definition) is 3. The molecule has 1 aromatic heterocycles. The number of methoxy groups -OCH3 is 1. The fraction of sp³-hybridized carbons (Fsp3) is 0.647. The van der Waals surface area contributed by atoms with Crippen LogP contribution in [0, 0.1) is 5.92 Å². The summed E-state index contributed by atoms with van der Waals surface area (Å²) < 4.78 is 4.31. The van der Waals surface area contributed by atoms with Gasteiger partial charge in [0.05, 0.1) is 37.3 Å². The van der Waals surface area contributed by atoms with Crippen molar-refractivity contribution < 1.29 is 9.53 Å². The maximum absolute atomic E-state index is 12.7. The Morgan fingerprint density at radius 2 is 1.66 bits per heavy atom. The zero-order chi connectivity index (χ0) is 31.2. The zero-order valence-electron chi connectivity index (χ0n) is 27.8. The van der Waals surface area contributed by atoms with Gasteiger partial charge in [0.2, 0.25) is 5.91 Å². The molecule has 0 radical (unpaired) electrons. The maximum atomic E-state index is 12.7. The molecular formula is C34H61N5O2. The fourth-order valence-electron chi connectivity index (χ4n) is 5.26. The lowest BCUT2D eigenvalue weighted by Gasteiger charge is -2.28. The van der Waals surface area contributed by atoms with Crippen LogP contribution >= 0.6 is 0 Å². The lowest BCUT2D eigenvalue weighted by atomic mass is 9.78. The molecule has 1 aromatic carbocycles. The molecule has 1 saturated carbocycles. The van der Waals surface area contributed by atoms with E-state index < -0.39 is 0 Å². The Balaban J connectivity index is 0.00000142. The zero-order valence-corrected chi connectivity index (χ0v) is 27.8. The van der Waals surface area contributed by atoms with Gasteiger partial charge >= 0.3 is 0 Å². The first-order chi connectivity index (χ1) is 20.0. The number of H-pyrrole nitrogens is 1. The molecule has 2 fully saturated rings. The number of hydrogen-bond acceptors (Lipinski definition) is 5. The molecule has 4 rings (SSSR count). The normalized spacial score (nSPS) is 19.9.